The fourth-order valence-electron chi connectivity index (χ4n) is 0.585. The van der Waals surface area contributed by atoms with Gasteiger partial charge in [0, 0.05) is 0 Å². The van der Waals surface area contributed by atoms with Gasteiger partial charge in [-0.25, -0.2) is 9.97 Å². The van der Waals surface area contributed by atoms with Crippen LogP contribution in [0.5, 0.6) is 5.75 Å². The molecule has 0 fully saturated rings. The lowest BCUT2D eigenvalue weighted by Crippen LogP contribution is -2.05. The SMILES string of the molecule is CC(C)Oc1cn[c]nc1. The van der Waals surface area contributed by atoms with E-state index in [0.29, 0.717) is 5.75 Å². The van der Waals surface area contributed by atoms with E-state index in [-0.39, 0.29) is 6.10 Å². The molecule has 0 N–H and O–H groups in total. The molecular weight excluding hydrogens is 128 g/mol. The maximum atomic E-state index is 5.27. The third-order valence-corrected chi connectivity index (χ3v) is 0.871. The van der Waals surface area contributed by atoms with E-state index in [1.165, 1.54) is 0 Å². The van der Waals surface area contributed by atoms with Gasteiger partial charge in [0.1, 0.15) is 0 Å². The van der Waals surface area contributed by atoms with Gasteiger partial charge in [-0.15, -0.1) is 0 Å². The summed E-state index contributed by atoms with van der Waals surface area (Å²) in [6.45, 7) is 3.91. The molecule has 10 heavy (non-hydrogen) atoms. The summed E-state index contributed by atoms with van der Waals surface area (Å²) >= 11 is 0. The number of nitrogens with zero attached hydrogens (tertiary/aromatic N) is 2. The molecule has 0 unspecified atom stereocenters. The van der Waals surface area contributed by atoms with Crippen LogP contribution in [0.2, 0.25) is 0 Å². The number of ether oxygens (including phenoxy) is 1. The average Bonchev–Trinajstić information content (AvgIpc) is 1.88. The molecule has 0 aromatic carbocycles. The molecule has 0 aliphatic carbocycles. The number of rotatable bonds is 2. The highest BCUT2D eigenvalue weighted by Crippen LogP contribution is 2.05. The lowest BCUT2D eigenvalue weighted by atomic mass is 10.5. The Labute approximate surface area is 60.1 Å². The fraction of sp³-hybridized carbons (Fsp3) is 0.429. The van der Waals surface area contributed by atoms with Crippen LogP contribution < -0.4 is 4.74 Å². The Hall–Kier alpha value is -1.12. The summed E-state index contributed by atoms with van der Waals surface area (Å²) in [6, 6.07) is 0. The number of aromatic nitrogens is 2. The summed E-state index contributed by atoms with van der Waals surface area (Å²) in [5, 5.41) is 0. The molecule has 0 bridgehead atoms. The van der Waals surface area contributed by atoms with Gasteiger partial charge in [0.15, 0.2) is 12.1 Å². The van der Waals surface area contributed by atoms with Crippen LogP contribution in [-0.4, -0.2) is 16.1 Å². The van der Waals surface area contributed by atoms with Crippen LogP contribution in [0, 0.1) is 6.33 Å². The zero-order chi connectivity index (χ0) is 7.40. The highest BCUT2D eigenvalue weighted by molar-refractivity contribution is 5.09. The summed E-state index contributed by atoms with van der Waals surface area (Å²) in [5.41, 5.74) is 0. The Morgan fingerprint density at radius 2 is 2.00 bits per heavy atom. The summed E-state index contributed by atoms with van der Waals surface area (Å²) in [4.78, 5) is 7.35. The summed E-state index contributed by atoms with van der Waals surface area (Å²) < 4.78 is 5.27. The second kappa shape index (κ2) is 3.15. The topological polar surface area (TPSA) is 35.0 Å². The van der Waals surface area contributed by atoms with Gasteiger partial charge in [0.25, 0.3) is 0 Å². The monoisotopic (exact) mass is 137 g/mol. The fourth-order valence-corrected chi connectivity index (χ4v) is 0.585. The van der Waals surface area contributed by atoms with E-state index >= 15 is 0 Å². The first-order valence-electron chi connectivity index (χ1n) is 3.14. The molecule has 0 saturated carbocycles. The highest BCUT2D eigenvalue weighted by atomic mass is 16.5. The molecule has 53 valence electrons. The van der Waals surface area contributed by atoms with Crippen LogP contribution >= 0.6 is 0 Å². The predicted molar refractivity (Wildman–Crippen MR) is 36.6 cm³/mol. The Bertz CT molecular complexity index is 186. The Morgan fingerprint density at radius 1 is 1.40 bits per heavy atom. The van der Waals surface area contributed by atoms with E-state index in [2.05, 4.69) is 16.3 Å². The quantitative estimate of drug-likeness (QED) is 0.611. The van der Waals surface area contributed by atoms with Gasteiger partial charge in [-0.2, -0.15) is 0 Å². The zero-order valence-corrected chi connectivity index (χ0v) is 6.03. The van der Waals surface area contributed by atoms with Crippen molar-refractivity contribution in [3.63, 3.8) is 0 Å². The van der Waals surface area contributed by atoms with Crippen LogP contribution in [0.3, 0.4) is 0 Å². The predicted octanol–water partition coefficient (Wildman–Crippen LogP) is 1.06. The smallest absolute Gasteiger partial charge is 0.197 e. The van der Waals surface area contributed by atoms with Crippen molar-refractivity contribution in [2.45, 2.75) is 20.0 Å². The van der Waals surface area contributed by atoms with Crippen LogP contribution in [0.4, 0.5) is 0 Å². The first-order valence-corrected chi connectivity index (χ1v) is 3.14. The molecule has 1 rings (SSSR count). The molecular formula is C7H9N2O. The first kappa shape index (κ1) is 6.99. The molecule has 0 aliphatic heterocycles. The maximum absolute atomic E-state index is 5.27. The van der Waals surface area contributed by atoms with Gasteiger partial charge in [0.05, 0.1) is 18.5 Å². The zero-order valence-electron chi connectivity index (χ0n) is 6.03. The highest BCUT2D eigenvalue weighted by Gasteiger charge is 1.94. The molecule has 0 aliphatic rings. The van der Waals surface area contributed by atoms with Crippen LogP contribution in [0.25, 0.3) is 0 Å². The third kappa shape index (κ3) is 2.01. The molecule has 1 radical (unpaired) electrons. The Morgan fingerprint density at radius 3 is 2.50 bits per heavy atom. The molecule has 0 spiro atoms. The largest absolute Gasteiger partial charge is 0.488 e. The van der Waals surface area contributed by atoms with Crippen molar-refractivity contribution in [2.24, 2.45) is 0 Å². The van der Waals surface area contributed by atoms with Gasteiger partial charge in [-0.1, -0.05) is 0 Å². The van der Waals surface area contributed by atoms with Gasteiger partial charge in [-0.3, -0.25) is 0 Å². The van der Waals surface area contributed by atoms with Crippen LogP contribution in [0.1, 0.15) is 13.8 Å². The minimum atomic E-state index is 0.172. The summed E-state index contributed by atoms with van der Waals surface area (Å²) in [7, 11) is 0. The lowest BCUT2D eigenvalue weighted by Gasteiger charge is -2.06. The molecule has 1 aromatic rings. The second-order valence-corrected chi connectivity index (χ2v) is 2.19. The van der Waals surface area contributed by atoms with E-state index in [1.807, 2.05) is 13.8 Å². The standard InChI is InChI=1S/C7H9N2O/c1-6(2)10-7-3-8-5-9-4-7/h3-4,6H,1-2H3. The van der Waals surface area contributed by atoms with E-state index < -0.39 is 0 Å². The van der Waals surface area contributed by atoms with Crippen molar-refractivity contribution >= 4 is 0 Å². The van der Waals surface area contributed by atoms with E-state index in [4.69, 9.17) is 4.74 Å². The average molecular weight is 137 g/mol. The van der Waals surface area contributed by atoms with E-state index in [1.54, 1.807) is 12.4 Å². The molecule has 0 amide bonds. The van der Waals surface area contributed by atoms with Gasteiger partial charge in [-0.05, 0) is 13.8 Å². The maximum Gasteiger partial charge on any atom is 0.197 e. The van der Waals surface area contributed by atoms with Crippen molar-refractivity contribution in [2.75, 3.05) is 0 Å². The van der Waals surface area contributed by atoms with E-state index in [0.717, 1.165) is 0 Å². The Balaban J connectivity index is 2.59. The van der Waals surface area contributed by atoms with E-state index in [9.17, 15) is 0 Å². The summed E-state index contributed by atoms with van der Waals surface area (Å²) in [5.74, 6) is 0.689. The molecule has 3 heteroatoms. The minimum Gasteiger partial charge on any atom is -0.488 e. The minimum absolute atomic E-state index is 0.172. The number of hydrogen-bond donors (Lipinski definition) is 0. The second-order valence-electron chi connectivity index (χ2n) is 2.19. The van der Waals surface area contributed by atoms with Gasteiger partial charge in [0.2, 0.25) is 0 Å². The van der Waals surface area contributed by atoms with Crippen molar-refractivity contribution in [1.29, 1.82) is 0 Å². The van der Waals surface area contributed by atoms with Crippen molar-refractivity contribution in [3.8, 4) is 5.75 Å². The normalized spacial score (nSPS) is 9.90. The first-order chi connectivity index (χ1) is 4.79. The summed E-state index contributed by atoms with van der Waals surface area (Å²) in [6.07, 6.45) is 5.78. The molecule has 0 atom stereocenters. The Kier molecular flexibility index (Phi) is 2.20. The van der Waals surface area contributed by atoms with Crippen LogP contribution in [-0.2, 0) is 0 Å². The lowest BCUT2D eigenvalue weighted by molar-refractivity contribution is 0.240. The van der Waals surface area contributed by atoms with Crippen molar-refractivity contribution in [3.05, 3.63) is 18.7 Å². The van der Waals surface area contributed by atoms with Crippen LogP contribution in [0.15, 0.2) is 12.4 Å². The molecule has 3 nitrogen and oxygen atoms in total. The van der Waals surface area contributed by atoms with Crippen molar-refractivity contribution < 1.29 is 4.74 Å². The molecule has 0 saturated heterocycles. The van der Waals surface area contributed by atoms with Gasteiger partial charge < -0.3 is 4.74 Å². The third-order valence-electron chi connectivity index (χ3n) is 0.871. The number of hydrogen-bond acceptors (Lipinski definition) is 3. The molecule has 1 heterocycles. The van der Waals surface area contributed by atoms with Gasteiger partial charge >= 0.3 is 0 Å². The van der Waals surface area contributed by atoms with Crippen molar-refractivity contribution in [1.82, 2.24) is 9.97 Å². The molecule has 1 aromatic heterocycles.